The molecule has 0 unspecified atom stereocenters. The number of nitrogens with two attached hydrogens (primary N) is 1. The molecule has 0 aliphatic heterocycles. The van der Waals surface area contributed by atoms with Crippen LogP contribution in [0, 0.1) is 5.92 Å². The van der Waals surface area contributed by atoms with E-state index >= 15 is 0 Å². The van der Waals surface area contributed by atoms with Gasteiger partial charge in [-0.25, -0.2) is 0 Å². The summed E-state index contributed by atoms with van der Waals surface area (Å²) in [5.74, 6) is 0.738. The van der Waals surface area contributed by atoms with Gasteiger partial charge in [0.05, 0.1) is 11.4 Å². The highest BCUT2D eigenvalue weighted by molar-refractivity contribution is 5.51. The summed E-state index contributed by atoms with van der Waals surface area (Å²) in [5.41, 5.74) is 8.16. The molecule has 1 aromatic rings. The Morgan fingerprint density at radius 2 is 2.11 bits per heavy atom. The molecule has 2 rings (SSSR count). The summed E-state index contributed by atoms with van der Waals surface area (Å²) < 4.78 is 0. The highest BCUT2D eigenvalue weighted by Crippen LogP contribution is 2.30. The van der Waals surface area contributed by atoms with Gasteiger partial charge in [-0.15, -0.1) is 0 Å². The largest absolute Gasteiger partial charge is 0.367 e. The lowest BCUT2D eigenvalue weighted by Gasteiger charge is -2.33. The molecule has 3 heteroatoms. The molecule has 3 nitrogen and oxygen atoms in total. The third-order valence-electron chi connectivity index (χ3n) is 4.08. The first-order valence-electron chi connectivity index (χ1n) is 7.63. The van der Waals surface area contributed by atoms with Gasteiger partial charge in [-0.2, -0.15) is 0 Å². The van der Waals surface area contributed by atoms with E-state index in [-0.39, 0.29) is 0 Å². The highest BCUT2D eigenvalue weighted by atomic mass is 15.2. The zero-order valence-electron chi connectivity index (χ0n) is 12.3. The first-order valence-corrected chi connectivity index (χ1v) is 7.63. The van der Waals surface area contributed by atoms with Gasteiger partial charge in [-0.3, -0.25) is 4.98 Å². The summed E-state index contributed by atoms with van der Waals surface area (Å²) >= 11 is 0. The molecule has 0 amide bonds. The van der Waals surface area contributed by atoms with Crippen molar-refractivity contribution in [2.24, 2.45) is 11.7 Å². The Kier molecular flexibility index (Phi) is 5.20. The lowest BCUT2D eigenvalue weighted by molar-refractivity contribution is 0.526. The van der Waals surface area contributed by atoms with Crippen LogP contribution in [0.2, 0.25) is 0 Å². The Balaban J connectivity index is 2.19. The predicted molar refractivity (Wildman–Crippen MR) is 81.2 cm³/mol. The molecule has 2 N–H and O–H groups in total. The molecular formula is C16H27N3. The van der Waals surface area contributed by atoms with E-state index in [1.165, 1.54) is 37.8 Å². The minimum absolute atomic E-state index is 0.529. The van der Waals surface area contributed by atoms with Crippen LogP contribution in [0.5, 0.6) is 0 Å². The molecule has 106 valence electrons. The van der Waals surface area contributed by atoms with E-state index < -0.39 is 0 Å². The number of anilines is 1. The van der Waals surface area contributed by atoms with Crippen LogP contribution in [0.15, 0.2) is 18.3 Å². The maximum atomic E-state index is 5.85. The average molecular weight is 261 g/mol. The summed E-state index contributed by atoms with van der Waals surface area (Å²) in [4.78, 5) is 7.02. The van der Waals surface area contributed by atoms with E-state index in [0.29, 0.717) is 12.6 Å². The molecular weight excluding hydrogens is 234 g/mol. The minimum Gasteiger partial charge on any atom is -0.367 e. The normalized spacial score (nSPS) is 16.2. The Bertz CT molecular complexity index is 383. The van der Waals surface area contributed by atoms with Gasteiger partial charge in [0.1, 0.15) is 0 Å². The summed E-state index contributed by atoms with van der Waals surface area (Å²) in [6.45, 7) is 6.24. The van der Waals surface area contributed by atoms with E-state index in [4.69, 9.17) is 5.73 Å². The number of hydrogen-bond acceptors (Lipinski definition) is 3. The van der Waals surface area contributed by atoms with Gasteiger partial charge in [-0.05, 0) is 37.3 Å². The van der Waals surface area contributed by atoms with Crippen molar-refractivity contribution in [2.75, 3.05) is 11.4 Å². The van der Waals surface area contributed by atoms with Gasteiger partial charge in [0.15, 0.2) is 0 Å². The van der Waals surface area contributed by atoms with Crippen LogP contribution in [0.4, 0.5) is 5.69 Å². The van der Waals surface area contributed by atoms with E-state index in [2.05, 4.69) is 29.8 Å². The topological polar surface area (TPSA) is 42.2 Å². The van der Waals surface area contributed by atoms with Gasteiger partial charge in [0.2, 0.25) is 0 Å². The fourth-order valence-electron chi connectivity index (χ4n) is 2.96. The van der Waals surface area contributed by atoms with Crippen LogP contribution in [-0.2, 0) is 6.54 Å². The molecule has 1 aromatic heterocycles. The van der Waals surface area contributed by atoms with E-state index in [0.717, 1.165) is 18.2 Å². The molecule has 0 atom stereocenters. The minimum atomic E-state index is 0.529. The summed E-state index contributed by atoms with van der Waals surface area (Å²) in [6, 6.07) is 4.91. The lowest BCUT2D eigenvalue weighted by atomic mass is 10.1. The first kappa shape index (κ1) is 14.3. The van der Waals surface area contributed by atoms with Gasteiger partial charge in [0, 0.05) is 25.3 Å². The summed E-state index contributed by atoms with van der Waals surface area (Å²) in [6.07, 6.45) is 8.44. The van der Waals surface area contributed by atoms with Crippen LogP contribution in [-0.4, -0.2) is 17.6 Å². The molecule has 0 bridgehead atoms. The van der Waals surface area contributed by atoms with Crippen molar-refractivity contribution in [2.45, 2.75) is 58.5 Å². The Hall–Kier alpha value is -1.09. The first-order chi connectivity index (χ1) is 9.22. The standard InChI is InChI=1S/C16H27N3/c1-13(2)9-11-19(14-6-3-4-7-14)16-8-5-10-18-15(16)12-17/h5,8,10,13-14H,3-4,6-7,9,11-12,17H2,1-2H3. The molecule has 1 aliphatic carbocycles. The summed E-state index contributed by atoms with van der Waals surface area (Å²) in [7, 11) is 0. The maximum Gasteiger partial charge on any atom is 0.0772 e. The van der Waals surface area contributed by atoms with Crippen molar-refractivity contribution in [1.29, 1.82) is 0 Å². The molecule has 19 heavy (non-hydrogen) atoms. The van der Waals surface area contributed by atoms with Gasteiger partial charge < -0.3 is 10.6 Å². The second-order valence-electron chi connectivity index (χ2n) is 5.99. The maximum absolute atomic E-state index is 5.85. The predicted octanol–water partition coefficient (Wildman–Crippen LogP) is 3.34. The van der Waals surface area contributed by atoms with E-state index in [1.54, 1.807) is 0 Å². The Morgan fingerprint density at radius 3 is 2.74 bits per heavy atom. The van der Waals surface area contributed by atoms with Crippen molar-refractivity contribution in [3.8, 4) is 0 Å². The molecule has 1 fully saturated rings. The zero-order valence-corrected chi connectivity index (χ0v) is 12.3. The molecule has 0 spiro atoms. The molecule has 0 radical (unpaired) electrons. The van der Waals surface area contributed by atoms with Crippen LogP contribution < -0.4 is 10.6 Å². The Labute approximate surface area is 117 Å². The smallest absolute Gasteiger partial charge is 0.0772 e. The second kappa shape index (κ2) is 6.90. The monoisotopic (exact) mass is 261 g/mol. The third kappa shape index (κ3) is 3.69. The van der Waals surface area contributed by atoms with Crippen molar-refractivity contribution in [1.82, 2.24) is 4.98 Å². The molecule has 0 saturated heterocycles. The quantitative estimate of drug-likeness (QED) is 0.854. The lowest BCUT2D eigenvalue weighted by Crippen LogP contribution is -2.35. The molecule has 1 heterocycles. The zero-order chi connectivity index (χ0) is 13.7. The number of rotatable bonds is 6. The number of nitrogens with zero attached hydrogens (tertiary/aromatic N) is 2. The average Bonchev–Trinajstić information content (AvgIpc) is 2.93. The number of hydrogen-bond donors (Lipinski definition) is 1. The van der Waals surface area contributed by atoms with Crippen molar-refractivity contribution in [3.63, 3.8) is 0 Å². The van der Waals surface area contributed by atoms with Gasteiger partial charge in [0.25, 0.3) is 0 Å². The van der Waals surface area contributed by atoms with Crippen molar-refractivity contribution >= 4 is 5.69 Å². The van der Waals surface area contributed by atoms with Crippen LogP contribution in [0.3, 0.4) is 0 Å². The second-order valence-corrected chi connectivity index (χ2v) is 5.99. The fourth-order valence-corrected chi connectivity index (χ4v) is 2.96. The fraction of sp³-hybridized carbons (Fsp3) is 0.688. The highest BCUT2D eigenvalue weighted by Gasteiger charge is 2.24. The Morgan fingerprint density at radius 1 is 1.37 bits per heavy atom. The van der Waals surface area contributed by atoms with Crippen LogP contribution in [0.1, 0.15) is 51.6 Å². The van der Waals surface area contributed by atoms with E-state index in [9.17, 15) is 0 Å². The van der Waals surface area contributed by atoms with Crippen LogP contribution in [0.25, 0.3) is 0 Å². The SMILES string of the molecule is CC(C)CCN(c1cccnc1CN)C1CCCC1. The molecule has 1 aliphatic rings. The van der Waals surface area contributed by atoms with Gasteiger partial charge >= 0.3 is 0 Å². The number of aromatic nitrogens is 1. The van der Waals surface area contributed by atoms with Crippen LogP contribution >= 0.6 is 0 Å². The van der Waals surface area contributed by atoms with E-state index in [1.807, 2.05) is 12.3 Å². The van der Waals surface area contributed by atoms with Crippen molar-refractivity contribution in [3.05, 3.63) is 24.0 Å². The van der Waals surface area contributed by atoms with Crippen molar-refractivity contribution < 1.29 is 0 Å². The van der Waals surface area contributed by atoms with Gasteiger partial charge in [-0.1, -0.05) is 26.7 Å². The molecule has 0 aromatic carbocycles. The molecule has 1 saturated carbocycles. The summed E-state index contributed by atoms with van der Waals surface area (Å²) in [5, 5.41) is 0. The number of pyridine rings is 1. The third-order valence-corrected chi connectivity index (χ3v) is 4.08.